The number of carbonyl (C=O) groups is 2. The lowest BCUT2D eigenvalue weighted by Gasteiger charge is -2.39. The van der Waals surface area contributed by atoms with Crippen molar-refractivity contribution in [1.29, 1.82) is 0 Å². The van der Waals surface area contributed by atoms with E-state index in [9.17, 15) is 14.7 Å². The third-order valence-electron chi connectivity index (χ3n) is 5.76. The Morgan fingerprint density at radius 1 is 1.26 bits per heavy atom. The van der Waals surface area contributed by atoms with Crippen LogP contribution in [0.2, 0.25) is 0 Å². The summed E-state index contributed by atoms with van der Waals surface area (Å²) in [4.78, 5) is 36.5. The van der Waals surface area contributed by atoms with E-state index >= 15 is 0 Å². The Balaban J connectivity index is 1.52. The summed E-state index contributed by atoms with van der Waals surface area (Å²) in [5.41, 5.74) is 1.11. The van der Waals surface area contributed by atoms with E-state index in [2.05, 4.69) is 14.9 Å². The Labute approximate surface area is 158 Å². The largest absolute Gasteiger partial charge is 0.480 e. The Hall–Kier alpha value is -2.26. The predicted molar refractivity (Wildman–Crippen MR) is 98.6 cm³/mol. The Morgan fingerprint density at radius 2 is 1.89 bits per heavy atom. The van der Waals surface area contributed by atoms with E-state index in [-0.39, 0.29) is 18.0 Å². The van der Waals surface area contributed by atoms with Crippen LogP contribution in [-0.4, -0.2) is 88.2 Å². The third kappa shape index (κ3) is 4.54. The van der Waals surface area contributed by atoms with E-state index in [0.29, 0.717) is 5.95 Å². The molecule has 148 valence electrons. The molecule has 1 spiro atoms. The van der Waals surface area contributed by atoms with Gasteiger partial charge in [0.25, 0.3) is 0 Å². The second-order valence-corrected chi connectivity index (χ2v) is 7.89. The van der Waals surface area contributed by atoms with Crippen LogP contribution in [0.15, 0.2) is 12.4 Å². The molecule has 1 aromatic heterocycles. The fourth-order valence-electron chi connectivity index (χ4n) is 4.25. The summed E-state index contributed by atoms with van der Waals surface area (Å²) in [6.07, 6.45) is 6.23. The molecule has 27 heavy (non-hydrogen) atoms. The number of hydrogen-bond acceptors (Lipinski definition) is 7. The number of rotatable bonds is 6. The first-order valence-electron chi connectivity index (χ1n) is 9.17. The van der Waals surface area contributed by atoms with Gasteiger partial charge in [-0.3, -0.25) is 19.4 Å². The van der Waals surface area contributed by atoms with Crippen molar-refractivity contribution in [3.8, 4) is 0 Å². The van der Waals surface area contributed by atoms with Crippen LogP contribution in [0.3, 0.4) is 0 Å². The number of carboxylic acids is 2. The SMILES string of the molecule is CN(CC(=O)O)c1ncc(CN2CCC3(CC2)CC(C(=O)O)N(C)C3)cn1. The first-order chi connectivity index (χ1) is 12.8. The molecule has 2 fully saturated rings. The molecule has 9 nitrogen and oxygen atoms in total. The van der Waals surface area contributed by atoms with Crippen LogP contribution in [0.4, 0.5) is 5.95 Å². The summed E-state index contributed by atoms with van der Waals surface area (Å²) in [7, 11) is 3.55. The number of nitrogens with zero attached hydrogens (tertiary/aromatic N) is 5. The maximum atomic E-state index is 11.4. The van der Waals surface area contributed by atoms with Crippen molar-refractivity contribution >= 4 is 17.9 Å². The predicted octanol–water partition coefficient (Wildman–Crippen LogP) is 0.368. The number of piperidine rings is 1. The van der Waals surface area contributed by atoms with Gasteiger partial charge in [-0.15, -0.1) is 0 Å². The molecule has 1 unspecified atom stereocenters. The van der Waals surface area contributed by atoms with Gasteiger partial charge in [-0.05, 0) is 44.8 Å². The first kappa shape index (κ1) is 19.5. The molecule has 3 rings (SSSR count). The van der Waals surface area contributed by atoms with E-state index in [1.54, 1.807) is 19.4 Å². The zero-order chi connectivity index (χ0) is 19.6. The van der Waals surface area contributed by atoms with E-state index in [4.69, 9.17) is 5.11 Å². The molecule has 1 atom stereocenters. The van der Waals surface area contributed by atoms with Crippen LogP contribution in [0, 0.1) is 5.41 Å². The lowest BCUT2D eigenvalue weighted by Crippen LogP contribution is -2.40. The number of hydrogen-bond donors (Lipinski definition) is 2. The number of likely N-dealkylation sites (N-methyl/N-ethyl adjacent to an activating group) is 2. The second-order valence-electron chi connectivity index (χ2n) is 7.89. The third-order valence-corrected chi connectivity index (χ3v) is 5.76. The lowest BCUT2D eigenvalue weighted by atomic mass is 9.76. The van der Waals surface area contributed by atoms with Gasteiger partial charge in [0.05, 0.1) is 0 Å². The van der Waals surface area contributed by atoms with Gasteiger partial charge in [0.1, 0.15) is 12.6 Å². The Bertz CT molecular complexity index is 687. The van der Waals surface area contributed by atoms with Gasteiger partial charge in [-0.25, -0.2) is 9.97 Å². The Morgan fingerprint density at radius 3 is 2.41 bits per heavy atom. The average Bonchev–Trinajstić information content (AvgIpc) is 2.94. The highest BCUT2D eigenvalue weighted by molar-refractivity contribution is 5.74. The highest BCUT2D eigenvalue weighted by atomic mass is 16.4. The summed E-state index contributed by atoms with van der Waals surface area (Å²) in [5, 5.41) is 18.2. The number of likely N-dealkylation sites (tertiary alicyclic amines) is 2. The second kappa shape index (κ2) is 7.77. The molecular formula is C18H27N5O4. The van der Waals surface area contributed by atoms with Crippen molar-refractivity contribution in [2.24, 2.45) is 5.41 Å². The lowest BCUT2D eigenvalue weighted by molar-refractivity contribution is -0.141. The standard InChI is InChI=1S/C18H27N5O4/c1-21(11-15(24)25)17-19-8-13(9-20-17)10-23-5-3-18(4-6-23)7-14(16(26)27)22(2)12-18/h8-9,14H,3-7,10-12H2,1-2H3,(H,24,25)(H,26,27). The van der Waals surface area contributed by atoms with Gasteiger partial charge in [0.15, 0.2) is 0 Å². The van der Waals surface area contributed by atoms with E-state index < -0.39 is 11.9 Å². The van der Waals surface area contributed by atoms with Gasteiger partial charge in [-0.2, -0.15) is 0 Å². The minimum absolute atomic E-state index is 0.119. The Kier molecular flexibility index (Phi) is 5.61. The van der Waals surface area contributed by atoms with Crippen molar-refractivity contribution in [3.05, 3.63) is 18.0 Å². The molecule has 0 bridgehead atoms. The van der Waals surface area contributed by atoms with Crippen LogP contribution in [0.1, 0.15) is 24.8 Å². The van der Waals surface area contributed by atoms with Crippen LogP contribution in [0.5, 0.6) is 0 Å². The van der Waals surface area contributed by atoms with Crippen molar-refractivity contribution < 1.29 is 19.8 Å². The fourth-order valence-corrected chi connectivity index (χ4v) is 4.25. The molecule has 2 aliphatic rings. The molecule has 2 N–H and O–H groups in total. The number of aromatic nitrogens is 2. The van der Waals surface area contributed by atoms with E-state index in [1.807, 2.05) is 11.9 Å². The summed E-state index contributed by atoms with van der Waals surface area (Å²) in [5.74, 6) is -1.25. The van der Waals surface area contributed by atoms with Crippen LogP contribution < -0.4 is 4.90 Å². The van der Waals surface area contributed by atoms with Gasteiger partial charge in [0, 0.05) is 38.1 Å². The highest BCUT2D eigenvalue weighted by Crippen LogP contribution is 2.42. The minimum atomic E-state index is -0.921. The van der Waals surface area contributed by atoms with Crippen LogP contribution in [-0.2, 0) is 16.1 Å². The van der Waals surface area contributed by atoms with Crippen molar-refractivity contribution in [2.45, 2.75) is 31.8 Å². The number of aliphatic carboxylic acids is 2. The number of carboxylic acid groups (broad SMARTS) is 2. The first-order valence-corrected chi connectivity index (χ1v) is 9.17. The molecule has 0 radical (unpaired) electrons. The zero-order valence-electron chi connectivity index (χ0n) is 15.8. The smallest absolute Gasteiger partial charge is 0.323 e. The van der Waals surface area contributed by atoms with E-state index in [1.165, 1.54) is 4.90 Å². The monoisotopic (exact) mass is 377 g/mol. The van der Waals surface area contributed by atoms with Crippen molar-refractivity contribution in [2.75, 3.05) is 45.2 Å². The molecule has 3 heterocycles. The molecule has 2 aliphatic heterocycles. The summed E-state index contributed by atoms with van der Waals surface area (Å²) >= 11 is 0. The topological polar surface area (TPSA) is 110 Å². The minimum Gasteiger partial charge on any atom is -0.480 e. The normalized spacial score (nSPS) is 22.8. The van der Waals surface area contributed by atoms with Crippen molar-refractivity contribution in [1.82, 2.24) is 19.8 Å². The fraction of sp³-hybridized carbons (Fsp3) is 0.667. The van der Waals surface area contributed by atoms with Gasteiger partial charge < -0.3 is 15.1 Å². The molecule has 0 aliphatic carbocycles. The maximum Gasteiger partial charge on any atom is 0.323 e. The van der Waals surface area contributed by atoms with Crippen molar-refractivity contribution in [3.63, 3.8) is 0 Å². The molecule has 1 aromatic rings. The van der Waals surface area contributed by atoms with Gasteiger partial charge in [0.2, 0.25) is 5.95 Å². The number of anilines is 1. The molecular weight excluding hydrogens is 350 g/mol. The van der Waals surface area contributed by atoms with Crippen LogP contribution >= 0.6 is 0 Å². The summed E-state index contributed by atoms with van der Waals surface area (Å²) in [6.45, 7) is 3.32. The molecule has 0 amide bonds. The summed E-state index contributed by atoms with van der Waals surface area (Å²) < 4.78 is 0. The average molecular weight is 377 g/mol. The van der Waals surface area contributed by atoms with Gasteiger partial charge >= 0.3 is 11.9 Å². The van der Waals surface area contributed by atoms with Gasteiger partial charge in [-0.1, -0.05) is 0 Å². The highest BCUT2D eigenvalue weighted by Gasteiger charge is 2.46. The molecule has 9 heteroatoms. The zero-order valence-corrected chi connectivity index (χ0v) is 15.8. The molecule has 2 saturated heterocycles. The molecule has 0 aromatic carbocycles. The van der Waals surface area contributed by atoms with Crippen LogP contribution in [0.25, 0.3) is 0 Å². The quantitative estimate of drug-likeness (QED) is 0.726. The summed E-state index contributed by atoms with van der Waals surface area (Å²) in [6, 6.07) is -0.361. The van der Waals surface area contributed by atoms with E-state index in [0.717, 1.165) is 51.0 Å². The molecule has 0 saturated carbocycles. The maximum absolute atomic E-state index is 11.4.